The highest BCUT2D eigenvalue weighted by atomic mass is 32.1. The van der Waals surface area contributed by atoms with E-state index in [1.54, 1.807) is 11.3 Å². The van der Waals surface area contributed by atoms with Crippen molar-refractivity contribution in [2.75, 3.05) is 0 Å². The average molecular weight is 368 g/mol. The third-order valence-electron chi connectivity index (χ3n) is 4.63. The zero-order valence-electron chi connectivity index (χ0n) is 14.0. The summed E-state index contributed by atoms with van der Waals surface area (Å²) in [5.74, 6) is 1.42. The highest BCUT2D eigenvalue weighted by Gasteiger charge is 2.12. The summed E-state index contributed by atoms with van der Waals surface area (Å²) < 4.78 is 7.19. The van der Waals surface area contributed by atoms with Crippen LogP contribution in [0.15, 0.2) is 70.6 Å². The van der Waals surface area contributed by atoms with E-state index in [-0.39, 0.29) is 0 Å². The van der Waals surface area contributed by atoms with Crippen LogP contribution < -0.4 is 0 Å². The van der Waals surface area contributed by atoms with Gasteiger partial charge in [0.1, 0.15) is 11.3 Å². The number of rotatable bonds is 2. The van der Waals surface area contributed by atoms with Crippen LogP contribution in [0.25, 0.3) is 55.2 Å². The van der Waals surface area contributed by atoms with E-state index in [0.29, 0.717) is 5.89 Å². The molecule has 0 saturated heterocycles. The Bertz CT molecular complexity index is 1410. The van der Waals surface area contributed by atoms with Gasteiger partial charge in [-0.3, -0.25) is 0 Å². The van der Waals surface area contributed by atoms with Crippen LogP contribution in [-0.4, -0.2) is 19.9 Å². The van der Waals surface area contributed by atoms with Crippen LogP contribution in [0.2, 0.25) is 0 Å². The first-order valence-corrected chi connectivity index (χ1v) is 9.41. The maximum absolute atomic E-state index is 6.04. The molecule has 0 aliphatic heterocycles. The van der Waals surface area contributed by atoms with E-state index >= 15 is 0 Å². The molecular formula is C21H12N4OS. The van der Waals surface area contributed by atoms with Crippen molar-refractivity contribution in [1.29, 1.82) is 0 Å². The summed E-state index contributed by atoms with van der Waals surface area (Å²) in [4.78, 5) is 17.0. The molecule has 0 saturated carbocycles. The van der Waals surface area contributed by atoms with Gasteiger partial charge in [-0.15, -0.1) is 11.3 Å². The summed E-state index contributed by atoms with van der Waals surface area (Å²) in [6.45, 7) is 0. The van der Waals surface area contributed by atoms with Crippen molar-refractivity contribution >= 4 is 43.7 Å². The number of nitrogens with zero attached hydrogens (tertiary/aromatic N) is 3. The minimum atomic E-state index is 0.599. The number of fused-ring (bicyclic) bond motifs is 3. The highest BCUT2D eigenvalue weighted by Crippen LogP contribution is 2.30. The Morgan fingerprint density at radius 1 is 0.815 bits per heavy atom. The Morgan fingerprint density at radius 3 is 2.70 bits per heavy atom. The number of benzene rings is 3. The normalized spacial score (nSPS) is 11.7. The SMILES string of the molecule is c1ccc2[nH]c(-c3ccc4nc(-c5ccc6scnc6c5)oc4c3)nc2c1. The van der Waals surface area contributed by atoms with Gasteiger partial charge in [0.2, 0.25) is 5.89 Å². The second-order valence-electron chi connectivity index (χ2n) is 6.34. The average Bonchev–Trinajstić information content (AvgIpc) is 3.42. The van der Waals surface area contributed by atoms with E-state index in [4.69, 9.17) is 4.42 Å². The van der Waals surface area contributed by atoms with Gasteiger partial charge in [-0.1, -0.05) is 12.1 Å². The second kappa shape index (κ2) is 5.49. The maximum atomic E-state index is 6.04. The number of nitrogens with one attached hydrogen (secondary N) is 1. The summed E-state index contributed by atoms with van der Waals surface area (Å²) in [6.07, 6.45) is 0. The quantitative estimate of drug-likeness (QED) is 0.429. The number of thiazole rings is 1. The molecule has 0 atom stereocenters. The van der Waals surface area contributed by atoms with Crippen molar-refractivity contribution in [2.24, 2.45) is 0 Å². The lowest BCUT2D eigenvalue weighted by molar-refractivity contribution is 0.620. The number of aromatic amines is 1. The fourth-order valence-corrected chi connectivity index (χ4v) is 3.93. The predicted molar refractivity (Wildman–Crippen MR) is 108 cm³/mol. The standard InChI is InChI=1S/C21H12N4OS/c1-2-4-15-14(3-1)23-20(24-15)12-5-7-16-18(10-12)26-21(25-16)13-6-8-19-17(9-13)22-11-27-19/h1-11H,(H,23,24). The van der Waals surface area contributed by atoms with E-state index < -0.39 is 0 Å². The number of hydrogen-bond acceptors (Lipinski definition) is 5. The summed E-state index contributed by atoms with van der Waals surface area (Å²) >= 11 is 1.62. The third-order valence-corrected chi connectivity index (χ3v) is 5.44. The Balaban J connectivity index is 1.46. The number of oxazole rings is 1. The molecule has 0 aliphatic rings. The van der Waals surface area contributed by atoms with Crippen LogP contribution >= 0.6 is 11.3 Å². The number of hydrogen-bond donors (Lipinski definition) is 1. The van der Waals surface area contributed by atoms with Crippen LogP contribution in [0.3, 0.4) is 0 Å². The van der Waals surface area contributed by atoms with Gasteiger partial charge in [-0.25, -0.2) is 15.0 Å². The smallest absolute Gasteiger partial charge is 0.227 e. The Labute approximate surface area is 157 Å². The molecular weight excluding hydrogens is 356 g/mol. The van der Waals surface area contributed by atoms with Crippen molar-refractivity contribution in [3.05, 3.63) is 66.2 Å². The van der Waals surface area contributed by atoms with Gasteiger partial charge in [-0.2, -0.15) is 0 Å². The Kier molecular flexibility index (Phi) is 2.98. The van der Waals surface area contributed by atoms with Gasteiger partial charge in [0, 0.05) is 11.1 Å². The molecule has 3 heterocycles. The summed E-state index contributed by atoms with van der Waals surface area (Å²) in [7, 11) is 0. The molecule has 3 aromatic heterocycles. The largest absolute Gasteiger partial charge is 0.436 e. The fraction of sp³-hybridized carbons (Fsp3) is 0. The van der Waals surface area contributed by atoms with Crippen LogP contribution in [-0.2, 0) is 0 Å². The van der Waals surface area contributed by atoms with Gasteiger partial charge in [0.25, 0.3) is 0 Å². The molecule has 6 aromatic rings. The van der Waals surface area contributed by atoms with Gasteiger partial charge >= 0.3 is 0 Å². The molecule has 0 unspecified atom stereocenters. The van der Waals surface area contributed by atoms with Crippen molar-refractivity contribution in [1.82, 2.24) is 19.9 Å². The van der Waals surface area contributed by atoms with Gasteiger partial charge in [-0.05, 0) is 48.5 Å². The van der Waals surface area contributed by atoms with Crippen molar-refractivity contribution in [3.63, 3.8) is 0 Å². The lowest BCUT2D eigenvalue weighted by Crippen LogP contribution is -1.80. The molecule has 6 heteroatoms. The molecule has 0 radical (unpaired) electrons. The molecule has 0 fully saturated rings. The zero-order chi connectivity index (χ0) is 17.8. The molecule has 0 bridgehead atoms. The minimum absolute atomic E-state index is 0.599. The zero-order valence-corrected chi connectivity index (χ0v) is 14.8. The van der Waals surface area contributed by atoms with Crippen molar-refractivity contribution in [2.45, 2.75) is 0 Å². The van der Waals surface area contributed by atoms with Gasteiger partial charge < -0.3 is 9.40 Å². The molecule has 128 valence electrons. The number of H-pyrrole nitrogens is 1. The first-order valence-electron chi connectivity index (χ1n) is 8.53. The lowest BCUT2D eigenvalue weighted by atomic mass is 10.2. The van der Waals surface area contributed by atoms with Crippen LogP contribution in [0.1, 0.15) is 0 Å². The first kappa shape index (κ1) is 14.6. The minimum Gasteiger partial charge on any atom is -0.436 e. The Morgan fingerprint density at radius 2 is 1.74 bits per heavy atom. The topological polar surface area (TPSA) is 67.6 Å². The van der Waals surface area contributed by atoms with Crippen LogP contribution in [0, 0.1) is 0 Å². The number of imidazole rings is 1. The predicted octanol–water partition coefficient (Wildman–Crippen LogP) is 5.65. The molecule has 0 spiro atoms. The van der Waals surface area contributed by atoms with Crippen molar-refractivity contribution in [3.8, 4) is 22.8 Å². The highest BCUT2D eigenvalue weighted by molar-refractivity contribution is 7.16. The molecule has 6 rings (SSSR count). The molecule has 3 aromatic carbocycles. The second-order valence-corrected chi connectivity index (χ2v) is 7.23. The molecule has 0 amide bonds. The van der Waals surface area contributed by atoms with E-state index in [9.17, 15) is 0 Å². The monoisotopic (exact) mass is 368 g/mol. The van der Waals surface area contributed by atoms with Gasteiger partial charge in [0.15, 0.2) is 5.58 Å². The number of para-hydroxylation sites is 2. The number of aromatic nitrogens is 4. The van der Waals surface area contributed by atoms with E-state index in [1.807, 2.05) is 60.1 Å². The summed E-state index contributed by atoms with van der Waals surface area (Å²) in [5, 5.41) is 0. The molecule has 1 N–H and O–H groups in total. The first-order chi connectivity index (χ1) is 13.3. The van der Waals surface area contributed by atoms with Crippen molar-refractivity contribution < 1.29 is 4.42 Å². The summed E-state index contributed by atoms with van der Waals surface area (Å²) in [5.41, 5.74) is 8.23. The fourth-order valence-electron chi connectivity index (χ4n) is 3.28. The van der Waals surface area contributed by atoms with E-state index in [2.05, 4.69) is 26.0 Å². The van der Waals surface area contributed by atoms with E-state index in [0.717, 1.165) is 49.3 Å². The van der Waals surface area contributed by atoms with Crippen LogP contribution in [0.5, 0.6) is 0 Å². The molecule has 5 nitrogen and oxygen atoms in total. The van der Waals surface area contributed by atoms with Gasteiger partial charge in [0.05, 0.1) is 26.8 Å². The molecule has 0 aliphatic carbocycles. The maximum Gasteiger partial charge on any atom is 0.227 e. The Hall–Kier alpha value is -3.51. The van der Waals surface area contributed by atoms with Crippen LogP contribution in [0.4, 0.5) is 0 Å². The summed E-state index contributed by atoms with van der Waals surface area (Å²) in [6, 6.07) is 20.0. The lowest BCUT2D eigenvalue weighted by Gasteiger charge is -1.95. The molecule has 27 heavy (non-hydrogen) atoms. The third kappa shape index (κ3) is 2.34. The van der Waals surface area contributed by atoms with E-state index in [1.165, 1.54) is 0 Å².